The Kier molecular flexibility index (Phi) is 4.62. The molecule has 4 N–H and O–H groups in total. The molecule has 4 atom stereocenters. The molecule has 1 aliphatic rings. The highest BCUT2D eigenvalue weighted by Gasteiger charge is 2.44. The van der Waals surface area contributed by atoms with Crippen LogP contribution in [0.25, 0.3) is 11.2 Å². The van der Waals surface area contributed by atoms with Crippen molar-refractivity contribution in [1.29, 1.82) is 0 Å². The summed E-state index contributed by atoms with van der Waals surface area (Å²) in [5.74, 6) is 1.17. The van der Waals surface area contributed by atoms with Crippen LogP contribution < -0.4 is 10.1 Å². The van der Waals surface area contributed by atoms with E-state index in [4.69, 9.17) is 9.47 Å². The smallest absolute Gasteiger partial charge is 0.167 e. The first-order valence-corrected chi connectivity index (χ1v) is 8.33. The third-order valence-electron chi connectivity index (χ3n) is 4.48. The second-order valence-electron chi connectivity index (χ2n) is 6.13. The monoisotopic (exact) mass is 373 g/mol. The van der Waals surface area contributed by atoms with Gasteiger partial charge in [-0.3, -0.25) is 4.57 Å². The van der Waals surface area contributed by atoms with Crippen molar-refractivity contribution in [2.45, 2.75) is 24.5 Å². The normalized spacial score (nSPS) is 25.0. The summed E-state index contributed by atoms with van der Waals surface area (Å²) in [6.07, 6.45) is -1.39. The number of benzene rings is 1. The average Bonchev–Trinajstić information content (AvgIpc) is 3.24. The predicted octanol–water partition coefficient (Wildman–Crippen LogP) is 0.190. The van der Waals surface area contributed by atoms with Crippen LogP contribution >= 0.6 is 0 Å². The van der Waals surface area contributed by atoms with Crippen molar-refractivity contribution in [3.63, 3.8) is 0 Å². The molecular formula is C17H19N5O5. The van der Waals surface area contributed by atoms with E-state index in [0.717, 1.165) is 5.69 Å². The SMILES string of the molecule is COc1cccc(Nc2ncnc3c2ncn3C2O[C@H](CO)[C@@H](O)[C@H]2O)c1. The van der Waals surface area contributed by atoms with E-state index in [1.54, 1.807) is 7.11 Å². The largest absolute Gasteiger partial charge is 0.497 e. The maximum absolute atomic E-state index is 10.2. The van der Waals surface area contributed by atoms with E-state index in [1.807, 2.05) is 24.3 Å². The first-order valence-electron chi connectivity index (χ1n) is 8.33. The number of methoxy groups -OCH3 is 1. The molecule has 0 bridgehead atoms. The molecule has 0 saturated carbocycles. The molecule has 2 aromatic heterocycles. The van der Waals surface area contributed by atoms with Crippen molar-refractivity contribution in [3.05, 3.63) is 36.9 Å². The molecular weight excluding hydrogens is 354 g/mol. The molecule has 0 amide bonds. The molecule has 27 heavy (non-hydrogen) atoms. The number of anilines is 2. The first kappa shape index (κ1) is 17.6. The Hall–Kier alpha value is -2.79. The molecule has 1 unspecified atom stereocenters. The third-order valence-corrected chi connectivity index (χ3v) is 4.48. The number of aliphatic hydroxyl groups excluding tert-OH is 3. The number of ether oxygens (including phenoxy) is 2. The molecule has 0 aliphatic carbocycles. The van der Waals surface area contributed by atoms with Crippen molar-refractivity contribution >= 4 is 22.7 Å². The van der Waals surface area contributed by atoms with Gasteiger partial charge in [0.25, 0.3) is 0 Å². The van der Waals surface area contributed by atoms with E-state index in [9.17, 15) is 15.3 Å². The fourth-order valence-corrected chi connectivity index (χ4v) is 3.08. The van der Waals surface area contributed by atoms with Gasteiger partial charge in [0, 0.05) is 11.8 Å². The Morgan fingerprint density at radius 3 is 2.81 bits per heavy atom. The Labute approximate surface area is 154 Å². The van der Waals surface area contributed by atoms with Crippen LogP contribution in [0, 0.1) is 0 Å². The van der Waals surface area contributed by atoms with Gasteiger partial charge in [-0.2, -0.15) is 0 Å². The summed E-state index contributed by atoms with van der Waals surface area (Å²) in [6, 6.07) is 7.35. The molecule has 10 heteroatoms. The minimum Gasteiger partial charge on any atom is -0.497 e. The summed E-state index contributed by atoms with van der Waals surface area (Å²) < 4.78 is 12.3. The number of hydrogen-bond acceptors (Lipinski definition) is 9. The minimum atomic E-state index is -1.22. The van der Waals surface area contributed by atoms with E-state index < -0.39 is 31.1 Å². The van der Waals surface area contributed by atoms with E-state index in [0.29, 0.717) is 22.7 Å². The van der Waals surface area contributed by atoms with Gasteiger partial charge in [-0.25, -0.2) is 15.0 Å². The molecule has 1 aliphatic heterocycles. The Balaban J connectivity index is 1.68. The Morgan fingerprint density at radius 1 is 1.22 bits per heavy atom. The van der Waals surface area contributed by atoms with Crippen LogP contribution in [0.5, 0.6) is 5.75 Å². The van der Waals surface area contributed by atoms with Gasteiger partial charge in [-0.15, -0.1) is 0 Å². The molecule has 3 aromatic rings. The summed E-state index contributed by atoms with van der Waals surface area (Å²) in [5, 5.41) is 32.6. The van der Waals surface area contributed by atoms with Gasteiger partial charge in [0.05, 0.1) is 20.0 Å². The second kappa shape index (κ2) is 7.08. The molecule has 142 valence electrons. The fraction of sp³-hybridized carbons (Fsp3) is 0.353. The summed E-state index contributed by atoms with van der Waals surface area (Å²) in [4.78, 5) is 12.8. The lowest BCUT2D eigenvalue weighted by molar-refractivity contribution is -0.0511. The van der Waals surface area contributed by atoms with Gasteiger partial charge in [-0.1, -0.05) is 6.07 Å². The second-order valence-corrected chi connectivity index (χ2v) is 6.13. The number of nitrogens with zero attached hydrogens (tertiary/aromatic N) is 4. The van der Waals surface area contributed by atoms with Crippen LogP contribution in [0.2, 0.25) is 0 Å². The van der Waals surface area contributed by atoms with Crippen LogP contribution in [0.3, 0.4) is 0 Å². The number of nitrogens with one attached hydrogen (secondary N) is 1. The zero-order valence-corrected chi connectivity index (χ0v) is 14.4. The van der Waals surface area contributed by atoms with Crippen molar-refractivity contribution in [2.75, 3.05) is 19.0 Å². The average molecular weight is 373 g/mol. The van der Waals surface area contributed by atoms with E-state index in [-0.39, 0.29) is 0 Å². The quantitative estimate of drug-likeness (QED) is 0.494. The molecule has 1 saturated heterocycles. The summed E-state index contributed by atoms with van der Waals surface area (Å²) in [5.41, 5.74) is 1.65. The summed E-state index contributed by atoms with van der Waals surface area (Å²) in [6.45, 7) is -0.404. The maximum atomic E-state index is 10.2. The molecule has 1 aromatic carbocycles. The minimum absolute atomic E-state index is 0.404. The van der Waals surface area contributed by atoms with E-state index in [2.05, 4.69) is 20.3 Å². The lowest BCUT2D eigenvalue weighted by atomic mass is 10.1. The number of hydrogen-bond donors (Lipinski definition) is 4. The molecule has 4 rings (SSSR count). The van der Waals surface area contributed by atoms with E-state index >= 15 is 0 Å². The first-order chi connectivity index (χ1) is 13.1. The molecule has 10 nitrogen and oxygen atoms in total. The van der Waals surface area contributed by atoms with Crippen LogP contribution in [-0.2, 0) is 4.74 Å². The van der Waals surface area contributed by atoms with Crippen LogP contribution in [0.15, 0.2) is 36.9 Å². The Bertz CT molecular complexity index is 948. The van der Waals surface area contributed by atoms with Crippen molar-refractivity contribution in [2.24, 2.45) is 0 Å². The standard InChI is InChI=1S/C17H19N5O5/c1-26-10-4-2-3-9(5-10)21-15-12-16(19-7-18-15)22(8-20-12)17-14(25)13(24)11(6-23)27-17/h2-5,7-8,11,13-14,17,23-25H,6H2,1H3,(H,18,19,21)/t11-,13-,14-,17?/m1/s1. The van der Waals surface area contributed by atoms with Gasteiger partial charge in [-0.05, 0) is 12.1 Å². The van der Waals surface area contributed by atoms with Gasteiger partial charge >= 0.3 is 0 Å². The number of rotatable bonds is 5. The van der Waals surface area contributed by atoms with Crippen molar-refractivity contribution in [3.8, 4) is 5.75 Å². The number of aliphatic hydroxyl groups is 3. The molecule has 1 fully saturated rings. The van der Waals surface area contributed by atoms with Crippen LogP contribution in [0.1, 0.15) is 6.23 Å². The highest BCUT2D eigenvalue weighted by molar-refractivity contribution is 5.85. The maximum Gasteiger partial charge on any atom is 0.167 e. The fourth-order valence-electron chi connectivity index (χ4n) is 3.08. The summed E-state index contributed by atoms with van der Waals surface area (Å²) >= 11 is 0. The third kappa shape index (κ3) is 3.08. The predicted molar refractivity (Wildman–Crippen MR) is 94.6 cm³/mol. The zero-order valence-electron chi connectivity index (χ0n) is 14.4. The Morgan fingerprint density at radius 2 is 2.07 bits per heavy atom. The highest BCUT2D eigenvalue weighted by atomic mass is 16.6. The molecule has 3 heterocycles. The van der Waals surface area contributed by atoms with Gasteiger partial charge in [0.15, 0.2) is 23.2 Å². The lowest BCUT2D eigenvalue weighted by Crippen LogP contribution is -2.33. The zero-order chi connectivity index (χ0) is 19.0. The topological polar surface area (TPSA) is 135 Å². The van der Waals surface area contributed by atoms with Crippen molar-refractivity contribution < 1.29 is 24.8 Å². The van der Waals surface area contributed by atoms with Gasteiger partial charge < -0.3 is 30.1 Å². The summed E-state index contributed by atoms with van der Waals surface area (Å²) in [7, 11) is 1.59. The van der Waals surface area contributed by atoms with Crippen molar-refractivity contribution in [1.82, 2.24) is 19.5 Å². The number of fused-ring (bicyclic) bond motifs is 1. The van der Waals surface area contributed by atoms with Crippen LogP contribution in [-0.4, -0.2) is 66.9 Å². The van der Waals surface area contributed by atoms with E-state index in [1.165, 1.54) is 17.2 Å². The van der Waals surface area contributed by atoms with Gasteiger partial charge in [0.1, 0.15) is 30.4 Å². The highest BCUT2D eigenvalue weighted by Crippen LogP contribution is 2.32. The lowest BCUT2D eigenvalue weighted by Gasteiger charge is -2.16. The van der Waals surface area contributed by atoms with Gasteiger partial charge in [0.2, 0.25) is 0 Å². The number of aromatic nitrogens is 4. The van der Waals surface area contributed by atoms with Crippen LogP contribution in [0.4, 0.5) is 11.5 Å². The molecule has 0 radical (unpaired) electrons. The molecule has 0 spiro atoms. The number of imidazole rings is 1.